The molecule has 1 saturated heterocycles. The normalized spacial score (nSPS) is 21.2. The van der Waals surface area contributed by atoms with E-state index in [4.69, 9.17) is 5.11 Å². The minimum atomic E-state index is 0.0278. The minimum Gasteiger partial charge on any atom is -0.508 e. The van der Waals surface area contributed by atoms with Gasteiger partial charge in [-0.2, -0.15) is 0 Å². The van der Waals surface area contributed by atoms with Gasteiger partial charge < -0.3 is 15.5 Å². The van der Waals surface area contributed by atoms with Crippen LogP contribution in [0.5, 0.6) is 5.75 Å². The zero-order valence-electron chi connectivity index (χ0n) is 7.33. The summed E-state index contributed by atoms with van der Waals surface area (Å²) in [5.74, 6) is 0.314. The lowest BCUT2D eigenvalue weighted by atomic mass is 9.95. The summed E-state index contributed by atoms with van der Waals surface area (Å²) in [5.41, 5.74) is 1.75. The van der Waals surface area contributed by atoms with Crippen LogP contribution in [0.1, 0.15) is 23.6 Å². The highest BCUT2D eigenvalue weighted by Gasteiger charge is 2.21. The number of phenols is 1. The van der Waals surface area contributed by atoms with Crippen molar-refractivity contribution in [1.29, 1.82) is 0 Å². The largest absolute Gasteiger partial charge is 0.508 e. The van der Waals surface area contributed by atoms with Gasteiger partial charge in [0.05, 0.1) is 6.61 Å². The van der Waals surface area contributed by atoms with E-state index in [1.54, 1.807) is 12.1 Å². The van der Waals surface area contributed by atoms with Crippen molar-refractivity contribution in [2.75, 3.05) is 6.54 Å². The van der Waals surface area contributed by atoms with Crippen LogP contribution in [0.25, 0.3) is 0 Å². The Balaban J connectivity index is 2.30. The molecule has 0 aliphatic carbocycles. The third-order valence-electron chi connectivity index (χ3n) is 2.47. The van der Waals surface area contributed by atoms with Gasteiger partial charge in [0.15, 0.2) is 0 Å². The van der Waals surface area contributed by atoms with Crippen molar-refractivity contribution in [2.45, 2.75) is 19.1 Å². The van der Waals surface area contributed by atoms with Crippen LogP contribution >= 0.6 is 0 Å². The zero-order chi connectivity index (χ0) is 9.26. The van der Waals surface area contributed by atoms with E-state index < -0.39 is 0 Å². The molecule has 1 aromatic carbocycles. The van der Waals surface area contributed by atoms with Crippen LogP contribution in [-0.4, -0.2) is 16.8 Å². The number of aromatic hydroxyl groups is 1. The summed E-state index contributed by atoms with van der Waals surface area (Å²) in [6.07, 6.45) is 1.06. The molecule has 1 atom stereocenters. The molecule has 0 saturated carbocycles. The molecule has 1 aliphatic heterocycles. The van der Waals surface area contributed by atoms with Crippen molar-refractivity contribution in [2.24, 2.45) is 0 Å². The van der Waals surface area contributed by atoms with Crippen molar-refractivity contribution in [1.82, 2.24) is 5.32 Å². The zero-order valence-corrected chi connectivity index (χ0v) is 7.33. The van der Waals surface area contributed by atoms with Gasteiger partial charge in [-0.15, -0.1) is 0 Å². The lowest BCUT2D eigenvalue weighted by Gasteiger charge is -2.28. The molecule has 1 aromatic rings. The van der Waals surface area contributed by atoms with Crippen LogP contribution in [-0.2, 0) is 6.61 Å². The lowest BCUT2D eigenvalue weighted by Crippen LogP contribution is -2.35. The average molecular weight is 179 g/mol. The summed E-state index contributed by atoms with van der Waals surface area (Å²) in [7, 11) is 0. The molecular weight excluding hydrogens is 166 g/mol. The molecule has 2 rings (SSSR count). The molecule has 3 N–H and O–H groups in total. The molecule has 1 fully saturated rings. The van der Waals surface area contributed by atoms with Crippen LogP contribution in [0, 0.1) is 0 Å². The highest BCUT2D eigenvalue weighted by Crippen LogP contribution is 2.30. The Labute approximate surface area is 77.0 Å². The van der Waals surface area contributed by atoms with E-state index in [9.17, 15) is 5.11 Å². The fraction of sp³-hybridized carbons (Fsp3) is 0.400. The third-order valence-corrected chi connectivity index (χ3v) is 2.47. The predicted octanol–water partition coefficient (Wildman–Crippen LogP) is 0.919. The van der Waals surface area contributed by atoms with Gasteiger partial charge in [0, 0.05) is 11.6 Å². The second kappa shape index (κ2) is 3.36. The Morgan fingerprint density at radius 3 is 2.77 bits per heavy atom. The first-order valence-electron chi connectivity index (χ1n) is 4.47. The van der Waals surface area contributed by atoms with Crippen LogP contribution in [0.4, 0.5) is 0 Å². The summed E-state index contributed by atoms with van der Waals surface area (Å²) in [6, 6.07) is 5.50. The van der Waals surface area contributed by atoms with E-state index in [2.05, 4.69) is 5.32 Å². The highest BCUT2D eigenvalue weighted by atomic mass is 16.3. The Bertz CT molecular complexity index is 308. The summed E-state index contributed by atoms with van der Waals surface area (Å²) in [5, 5.41) is 21.7. The van der Waals surface area contributed by atoms with Gasteiger partial charge in [-0.05, 0) is 30.7 Å². The minimum absolute atomic E-state index is 0.0278. The van der Waals surface area contributed by atoms with Gasteiger partial charge >= 0.3 is 0 Å². The molecule has 13 heavy (non-hydrogen) atoms. The van der Waals surface area contributed by atoms with Crippen molar-refractivity contribution in [3.8, 4) is 5.75 Å². The number of nitrogens with one attached hydrogen (secondary N) is 1. The van der Waals surface area contributed by atoms with Crippen LogP contribution in [0.3, 0.4) is 0 Å². The van der Waals surface area contributed by atoms with Crippen molar-refractivity contribution in [3.63, 3.8) is 0 Å². The van der Waals surface area contributed by atoms with E-state index >= 15 is 0 Å². The molecule has 0 unspecified atom stereocenters. The molecule has 0 aromatic heterocycles. The van der Waals surface area contributed by atoms with Gasteiger partial charge in [-0.25, -0.2) is 0 Å². The molecule has 3 heteroatoms. The fourth-order valence-corrected chi connectivity index (χ4v) is 1.54. The Morgan fingerprint density at radius 2 is 2.23 bits per heavy atom. The van der Waals surface area contributed by atoms with E-state index in [0.29, 0.717) is 5.75 Å². The first-order chi connectivity index (χ1) is 6.31. The Morgan fingerprint density at radius 1 is 1.46 bits per heavy atom. The van der Waals surface area contributed by atoms with E-state index in [1.165, 1.54) is 0 Å². The maximum absolute atomic E-state index is 9.54. The Hall–Kier alpha value is -1.06. The first-order valence-corrected chi connectivity index (χ1v) is 4.47. The van der Waals surface area contributed by atoms with E-state index in [-0.39, 0.29) is 12.6 Å². The van der Waals surface area contributed by atoms with Gasteiger partial charge in [0.2, 0.25) is 0 Å². The van der Waals surface area contributed by atoms with Crippen LogP contribution in [0.2, 0.25) is 0 Å². The van der Waals surface area contributed by atoms with Crippen LogP contribution < -0.4 is 5.32 Å². The van der Waals surface area contributed by atoms with Gasteiger partial charge in [-0.1, -0.05) is 6.07 Å². The van der Waals surface area contributed by atoms with E-state index in [1.807, 2.05) is 6.07 Å². The van der Waals surface area contributed by atoms with E-state index in [0.717, 1.165) is 24.1 Å². The number of aliphatic hydroxyl groups excluding tert-OH is 1. The van der Waals surface area contributed by atoms with Crippen molar-refractivity contribution < 1.29 is 10.2 Å². The van der Waals surface area contributed by atoms with Crippen molar-refractivity contribution in [3.05, 3.63) is 29.3 Å². The summed E-state index contributed by atoms with van der Waals surface area (Å²) in [6.45, 7) is 1.04. The Kier molecular flexibility index (Phi) is 2.20. The second-order valence-corrected chi connectivity index (χ2v) is 3.35. The number of benzene rings is 1. The molecule has 0 radical (unpaired) electrons. The quantitative estimate of drug-likeness (QED) is 0.632. The lowest BCUT2D eigenvalue weighted by molar-refractivity contribution is 0.281. The smallest absolute Gasteiger partial charge is 0.120 e. The summed E-state index contributed by atoms with van der Waals surface area (Å²) in [4.78, 5) is 0. The fourth-order valence-electron chi connectivity index (χ4n) is 1.54. The topological polar surface area (TPSA) is 52.5 Å². The summed E-state index contributed by atoms with van der Waals surface area (Å²) >= 11 is 0. The molecule has 70 valence electrons. The molecular formula is C10H13NO2. The number of rotatable bonds is 2. The number of hydrogen-bond donors (Lipinski definition) is 3. The number of phenolic OH excluding ortho intramolecular Hbond substituents is 1. The monoisotopic (exact) mass is 179 g/mol. The maximum Gasteiger partial charge on any atom is 0.120 e. The summed E-state index contributed by atoms with van der Waals surface area (Å²) < 4.78 is 0. The third kappa shape index (κ3) is 1.53. The number of aliphatic hydroxyl groups is 1. The molecule has 3 nitrogen and oxygen atoms in total. The molecule has 0 bridgehead atoms. The van der Waals surface area contributed by atoms with Crippen molar-refractivity contribution >= 4 is 0 Å². The van der Waals surface area contributed by atoms with Crippen LogP contribution in [0.15, 0.2) is 18.2 Å². The van der Waals surface area contributed by atoms with Gasteiger partial charge in [-0.3, -0.25) is 0 Å². The molecule has 0 spiro atoms. The van der Waals surface area contributed by atoms with Gasteiger partial charge in [0.25, 0.3) is 0 Å². The SMILES string of the molecule is OCc1ccc(O)c([C@H]2CCN2)c1. The standard InChI is InChI=1S/C10H13NO2/c12-6-7-1-2-10(13)8(5-7)9-3-4-11-9/h1-2,5,9,11-13H,3-4,6H2/t9-/m1/s1. The number of hydrogen-bond acceptors (Lipinski definition) is 3. The second-order valence-electron chi connectivity index (χ2n) is 3.35. The first kappa shape index (κ1) is 8.53. The molecule has 1 heterocycles. The maximum atomic E-state index is 9.54. The molecule has 1 aliphatic rings. The predicted molar refractivity (Wildman–Crippen MR) is 49.4 cm³/mol. The van der Waals surface area contributed by atoms with Gasteiger partial charge in [0.1, 0.15) is 5.75 Å². The average Bonchev–Trinajstić information content (AvgIpc) is 2.06. The highest BCUT2D eigenvalue weighted by molar-refractivity contribution is 5.39. The molecule has 0 amide bonds.